The highest BCUT2D eigenvalue weighted by Crippen LogP contribution is 2.17. The normalized spacial score (nSPS) is 17.3. The molecule has 1 rings (SSSR count). The standard InChI is InChI=1S/C11H19NO2S/c1-8(6-9(2)13)12-7-10(14)11-4-3-5-15-11/h3-5,8-10,12-14H,6-7H2,1-2H3. The number of thiophene rings is 1. The molecule has 15 heavy (non-hydrogen) atoms. The molecule has 0 spiro atoms. The van der Waals surface area contributed by atoms with Gasteiger partial charge in [0.15, 0.2) is 0 Å². The summed E-state index contributed by atoms with van der Waals surface area (Å²) in [6.07, 6.45) is -0.0372. The third-order valence-electron chi connectivity index (χ3n) is 2.23. The molecule has 0 radical (unpaired) electrons. The van der Waals surface area contributed by atoms with Crippen LogP contribution in [-0.2, 0) is 0 Å². The van der Waals surface area contributed by atoms with Crippen molar-refractivity contribution in [1.82, 2.24) is 5.32 Å². The number of rotatable bonds is 6. The molecule has 0 saturated heterocycles. The second kappa shape index (κ2) is 6.23. The maximum atomic E-state index is 9.78. The number of aliphatic hydroxyl groups is 2. The van der Waals surface area contributed by atoms with Crippen LogP contribution in [0.4, 0.5) is 0 Å². The minimum absolute atomic E-state index is 0.222. The molecule has 3 unspecified atom stereocenters. The molecule has 0 aliphatic heterocycles. The average Bonchev–Trinajstić information content (AvgIpc) is 2.65. The first-order valence-corrected chi connectivity index (χ1v) is 6.10. The Labute approximate surface area is 94.8 Å². The van der Waals surface area contributed by atoms with Crippen molar-refractivity contribution in [3.05, 3.63) is 22.4 Å². The molecule has 0 bridgehead atoms. The van der Waals surface area contributed by atoms with Gasteiger partial charge >= 0.3 is 0 Å². The topological polar surface area (TPSA) is 52.5 Å². The summed E-state index contributed by atoms with van der Waals surface area (Å²) in [5, 5.41) is 24.1. The van der Waals surface area contributed by atoms with Gasteiger partial charge in [0.1, 0.15) is 6.10 Å². The number of nitrogens with one attached hydrogen (secondary N) is 1. The van der Waals surface area contributed by atoms with Gasteiger partial charge in [-0.2, -0.15) is 0 Å². The van der Waals surface area contributed by atoms with Gasteiger partial charge in [0, 0.05) is 17.5 Å². The van der Waals surface area contributed by atoms with Crippen molar-refractivity contribution in [2.45, 2.75) is 38.5 Å². The lowest BCUT2D eigenvalue weighted by Gasteiger charge is -2.17. The van der Waals surface area contributed by atoms with E-state index in [1.54, 1.807) is 18.3 Å². The zero-order chi connectivity index (χ0) is 11.3. The van der Waals surface area contributed by atoms with E-state index < -0.39 is 6.10 Å². The Balaban J connectivity index is 2.25. The molecule has 86 valence electrons. The zero-order valence-electron chi connectivity index (χ0n) is 9.18. The minimum Gasteiger partial charge on any atom is -0.393 e. The summed E-state index contributed by atoms with van der Waals surface area (Å²) in [6.45, 7) is 4.32. The third-order valence-corrected chi connectivity index (χ3v) is 3.20. The predicted octanol–water partition coefficient (Wildman–Crippen LogP) is 1.53. The minimum atomic E-state index is -0.443. The first-order valence-electron chi connectivity index (χ1n) is 5.22. The van der Waals surface area contributed by atoms with E-state index in [-0.39, 0.29) is 12.1 Å². The summed E-state index contributed by atoms with van der Waals surface area (Å²) in [5.41, 5.74) is 0. The van der Waals surface area contributed by atoms with Crippen molar-refractivity contribution in [1.29, 1.82) is 0 Å². The van der Waals surface area contributed by atoms with Crippen LogP contribution in [-0.4, -0.2) is 28.9 Å². The maximum Gasteiger partial charge on any atom is 0.101 e. The number of aliphatic hydroxyl groups excluding tert-OH is 2. The Hall–Kier alpha value is -0.420. The summed E-state index contributed by atoms with van der Waals surface area (Å²) < 4.78 is 0. The largest absolute Gasteiger partial charge is 0.393 e. The Morgan fingerprint density at radius 2 is 2.13 bits per heavy atom. The Bertz CT molecular complexity index is 262. The predicted molar refractivity (Wildman–Crippen MR) is 63.0 cm³/mol. The van der Waals surface area contributed by atoms with E-state index in [2.05, 4.69) is 5.32 Å². The van der Waals surface area contributed by atoms with Gasteiger partial charge in [-0.15, -0.1) is 11.3 Å². The fraction of sp³-hybridized carbons (Fsp3) is 0.636. The highest BCUT2D eigenvalue weighted by atomic mass is 32.1. The van der Waals surface area contributed by atoms with E-state index in [1.165, 1.54) is 0 Å². The van der Waals surface area contributed by atoms with Crippen LogP contribution in [0.2, 0.25) is 0 Å². The van der Waals surface area contributed by atoms with Crippen LogP contribution in [0.25, 0.3) is 0 Å². The molecule has 3 nitrogen and oxygen atoms in total. The summed E-state index contributed by atoms with van der Waals surface area (Å²) in [5.74, 6) is 0. The molecule has 1 aromatic rings. The summed E-state index contributed by atoms with van der Waals surface area (Å²) >= 11 is 1.56. The van der Waals surface area contributed by atoms with Crippen molar-refractivity contribution in [2.24, 2.45) is 0 Å². The van der Waals surface area contributed by atoms with Crippen LogP contribution < -0.4 is 5.32 Å². The molecule has 0 aliphatic rings. The van der Waals surface area contributed by atoms with Gasteiger partial charge in [-0.05, 0) is 31.7 Å². The smallest absolute Gasteiger partial charge is 0.101 e. The quantitative estimate of drug-likeness (QED) is 0.693. The molecule has 4 heteroatoms. The highest BCUT2D eigenvalue weighted by molar-refractivity contribution is 7.10. The lowest BCUT2D eigenvalue weighted by atomic mass is 10.1. The maximum absolute atomic E-state index is 9.78. The van der Waals surface area contributed by atoms with E-state index in [1.807, 2.05) is 24.4 Å². The van der Waals surface area contributed by atoms with E-state index in [0.717, 1.165) is 4.88 Å². The Morgan fingerprint density at radius 3 is 2.67 bits per heavy atom. The van der Waals surface area contributed by atoms with Crippen LogP contribution in [0.5, 0.6) is 0 Å². The van der Waals surface area contributed by atoms with Gasteiger partial charge in [0.05, 0.1) is 6.10 Å². The molecule has 1 aromatic heterocycles. The summed E-state index contributed by atoms with van der Waals surface area (Å²) in [7, 11) is 0. The lowest BCUT2D eigenvalue weighted by Crippen LogP contribution is -2.32. The van der Waals surface area contributed by atoms with E-state index in [9.17, 15) is 10.2 Å². The molecule has 3 N–H and O–H groups in total. The summed E-state index contributed by atoms with van der Waals surface area (Å²) in [4.78, 5) is 0.978. The molecule has 3 atom stereocenters. The monoisotopic (exact) mass is 229 g/mol. The highest BCUT2D eigenvalue weighted by Gasteiger charge is 2.11. The Morgan fingerprint density at radius 1 is 1.40 bits per heavy atom. The molecule has 0 amide bonds. The molecule has 1 heterocycles. The zero-order valence-corrected chi connectivity index (χ0v) is 10.00. The van der Waals surface area contributed by atoms with E-state index in [4.69, 9.17) is 0 Å². The number of hydrogen-bond acceptors (Lipinski definition) is 4. The van der Waals surface area contributed by atoms with Gasteiger partial charge in [-0.3, -0.25) is 0 Å². The van der Waals surface area contributed by atoms with Crippen molar-refractivity contribution in [2.75, 3.05) is 6.54 Å². The molecule has 0 aliphatic carbocycles. The third kappa shape index (κ3) is 4.75. The van der Waals surface area contributed by atoms with Gasteiger partial charge < -0.3 is 15.5 Å². The Kier molecular flexibility index (Phi) is 5.25. The van der Waals surface area contributed by atoms with Crippen molar-refractivity contribution >= 4 is 11.3 Å². The van der Waals surface area contributed by atoms with Gasteiger partial charge in [-0.1, -0.05) is 6.07 Å². The molecule has 0 saturated carbocycles. The molecule has 0 aromatic carbocycles. The van der Waals surface area contributed by atoms with Crippen LogP contribution in [0.1, 0.15) is 31.2 Å². The fourth-order valence-electron chi connectivity index (χ4n) is 1.49. The van der Waals surface area contributed by atoms with Gasteiger partial charge in [0.25, 0.3) is 0 Å². The van der Waals surface area contributed by atoms with Gasteiger partial charge in [0.2, 0.25) is 0 Å². The van der Waals surface area contributed by atoms with Crippen LogP contribution in [0.3, 0.4) is 0 Å². The summed E-state index contributed by atoms with van der Waals surface area (Å²) in [6, 6.07) is 4.08. The van der Waals surface area contributed by atoms with Crippen LogP contribution in [0.15, 0.2) is 17.5 Å². The second-order valence-electron chi connectivity index (χ2n) is 3.93. The molecular weight excluding hydrogens is 210 g/mol. The van der Waals surface area contributed by atoms with Crippen molar-refractivity contribution in [3.8, 4) is 0 Å². The molecular formula is C11H19NO2S. The van der Waals surface area contributed by atoms with Crippen LogP contribution >= 0.6 is 11.3 Å². The first-order chi connectivity index (χ1) is 7.09. The van der Waals surface area contributed by atoms with Gasteiger partial charge in [-0.25, -0.2) is 0 Å². The van der Waals surface area contributed by atoms with Crippen molar-refractivity contribution in [3.63, 3.8) is 0 Å². The van der Waals surface area contributed by atoms with E-state index >= 15 is 0 Å². The fourth-order valence-corrected chi connectivity index (χ4v) is 2.20. The van der Waals surface area contributed by atoms with Crippen LogP contribution in [0, 0.1) is 0 Å². The lowest BCUT2D eigenvalue weighted by molar-refractivity contribution is 0.151. The average molecular weight is 229 g/mol. The van der Waals surface area contributed by atoms with Crippen molar-refractivity contribution < 1.29 is 10.2 Å². The first kappa shape index (κ1) is 12.6. The molecule has 0 fully saturated rings. The number of hydrogen-bond donors (Lipinski definition) is 3. The second-order valence-corrected chi connectivity index (χ2v) is 4.90. The van der Waals surface area contributed by atoms with E-state index in [0.29, 0.717) is 13.0 Å². The SMILES string of the molecule is CC(O)CC(C)NCC(O)c1cccs1.